The summed E-state index contributed by atoms with van der Waals surface area (Å²) in [4.78, 5) is 2.41. The standard InChI is InChI=1S/C15H23Cl2N/c1-4-6-9-18(12(3)5-2)15-8-7-13(11-16)10-14(15)17/h7-8,10,12H,4-6,9,11H2,1-3H3. The molecule has 18 heavy (non-hydrogen) atoms. The van der Waals surface area contributed by atoms with Crippen molar-refractivity contribution in [3.8, 4) is 0 Å². The van der Waals surface area contributed by atoms with Gasteiger partial charge in [0.05, 0.1) is 10.7 Å². The fourth-order valence-corrected chi connectivity index (χ4v) is 2.47. The van der Waals surface area contributed by atoms with E-state index in [9.17, 15) is 0 Å². The zero-order valence-electron chi connectivity index (χ0n) is 11.5. The maximum Gasteiger partial charge on any atom is 0.0642 e. The van der Waals surface area contributed by atoms with E-state index in [-0.39, 0.29) is 0 Å². The van der Waals surface area contributed by atoms with Gasteiger partial charge in [0.15, 0.2) is 0 Å². The summed E-state index contributed by atoms with van der Waals surface area (Å²) in [6, 6.07) is 6.65. The highest BCUT2D eigenvalue weighted by molar-refractivity contribution is 6.33. The molecule has 0 saturated heterocycles. The predicted molar refractivity (Wildman–Crippen MR) is 83.0 cm³/mol. The van der Waals surface area contributed by atoms with Gasteiger partial charge in [-0.3, -0.25) is 0 Å². The molecule has 102 valence electrons. The van der Waals surface area contributed by atoms with Crippen molar-refractivity contribution in [3.63, 3.8) is 0 Å². The van der Waals surface area contributed by atoms with Gasteiger partial charge in [-0.15, -0.1) is 11.6 Å². The number of halogens is 2. The normalized spacial score (nSPS) is 12.5. The van der Waals surface area contributed by atoms with Gasteiger partial charge in [-0.25, -0.2) is 0 Å². The van der Waals surface area contributed by atoms with E-state index in [0.29, 0.717) is 11.9 Å². The summed E-state index contributed by atoms with van der Waals surface area (Å²) in [5.41, 5.74) is 2.21. The molecule has 0 spiro atoms. The average Bonchev–Trinajstić information content (AvgIpc) is 2.39. The summed E-state index contributed by atoms with van der Waals surface area (Å²) in [5, 5.41) is 0.810. The first-order valence-corrected chi connectivity index (χ1v) is 7.66. The number of hydrogen-bond acceptors (Lipinski definition) is 1. The molecule has 1 atom stereocenters. The first kappa shape index (κ1) is 15.7. The summed E-state index contributed by atoms with van der Waals surface area (Å²) in [5.74, 6) is 0.512. The lowest BCUT2D eigenvalue weighted by Gasteiger charge is -2.31. The van der Waals surface area contributed by atoms with Crippen LogP contribution >= 0.6 is 23.2 Å². The lowest BCUT2D eigenvalue weighted by atomic mass is 10.1. The molecule has 0 amide bonds. The molecule has 0 heterocycles. The van der Waals surface area contributed by atoms with Crippen molar-refractivity contribution >= 4 is 28.9 Å². The second kappa shape index (κ2) is 7.91. The molecule has 0 aromatic heterocycles. The Hall–Kier alpha value is -0.400. The fourth-order valence-electron chi connectivity index (χ4n) is 1.99. The third kappa shape index (κ3) is 4.07. The van der Waals surface area contributed by atoms with Crippen molar-refractivity contribution in [3.05, 3.63) is 28.8 Å². The van der Waals surface area contributed by atoms with E-state index in [1.165, 1.54) is 12.8 Å². The molecule has 0 aliphatic carbocycles. The quantitative estimate of drug-likeness (QED) is 0.600. The summed E-state index contributed by atoms with van der Waals surface area (Å²) >= 11 is 12.2. The summed E-state index contributed by atoms with van der Waals surface area (Å²) < 4.78 is 0. The minimum Gasteiger partial charge on any atom is -0.368 e. The molecule has 0 aliphatic heterocycles. The third-order valence-corrected chi connectivity index (χ3v) is 3.96. The van der Waals surface area contributed by atoms with Crippen LogP contribution in [-0.2, 0) is 5.88 Å². The lowest BCUT2D eigenvalue weighted by Crippen LogP contribution is -2.33. The van der Waals surface area contributed by atoms with Gasteiger partial charge in [0.1, 0.15) is 0 Å². The highest BCUT2D eigenvalue weighted by Crippen LogP contribution is 2.29. The van der Waals surface area contributed by atoms with Crippen LogP contribution in [0.2, 0.25) is 5.02 Å². The molecule has 0 aliphatic rings. The molecule has 3 heteroatoms. The van der Waals surface area contributed by atoms with Gasteiger partial charge < -0.3 is 4.90 Å². The molecule has 0 saturated carbocycles. The Kier molecular flexibility index (Phi) is 6.88. The van der Waals surface area contributed by atoms with Crippen LogP contribution in [0.3, 0.4) is 0 Å². The van der Waals surface area contributed by atoms with Gasteiger partial charge in [-0.1, -0.05) is 37.9 Å². The van der Waals surface area contributed by atoms with Crippen molar-refractivity contribution in [2.45, 2.75) is 52.0 Å². The van der Waals surface area contributed by atoms with Crippen LogP contribution < -0.4 is 4.90 Å². The van der Waals surface area contributed by atoms with Crippen LogP contribution in [0.15, 0.2) is 18.2 Å². The fraction of sp³-hybridized carbons (Fsp3) is 0.600. The Bertz CT molecular complexity index is 366. The maximum absolute atomic E-state index is 6.38. The summed E-state index contributed by atoms with van der Waals surface area (Å²) in [7, 11) is 0. The monoisotopic (exact) mass is 287 g/mol. The lowest BCUT2D eigenvalue weighted by molar-refractivity contribution is 0.596. The van der Waals surface area contributed by atoms with E-state index >= 15 is 0 Å². The molecule has 1 nitrogen and oxygen atoms in total. The smallest absolute Gasteiger partial charge is 0.0642 e. The zero-order chi connectivity index (χ0) is 13.5. The Morgan fingerprint density at radius 2 is 2.00 bits per heavy atom. The Labute approximate surface area is 121 Å². The second-order valence-corrected chi connectivity index (χ2v) is 5.40. The van der Waals surface area contributed by atoms with Crippen LogP contribution in [0.5, 0.6) is 0 Å². The van der Waals surface area contributed by atoms with Gasteiger partial charge in [0.25, 0.3) is 0 Å². The maximum atomic E-state index is 6.38. The zero-order valence-corrected chi connectivity index (χ0v) is 13.1. The molecule has 0 radical (unpaired) electrons. The van der Waals surface area contributed by atoms with Crippen LogP contribution in [0.25, 0.3) is 0 Å². The number of anilines is 1. The molecular formula is C15H23Cl2N. The van der Waals surface area contributed by atoms with Crippen molar-refractivity contribution in [2.24, 2.45) is 0 Å². The van der Waals surface area contributed by atoms with Crippen molar-refractivity contribution in [1.29, 1.82) is 0 Å². The van der Waals surface area contributed by atoms with Crippen LogP contribution in [0, 0.1) is 0 Å². The molecule has 1 unspecified atom stereocenters. The highest BCUT2D eigenvalue weighted by atomic mass is 35.5. The topological polar surface area (TPSA) is 3.24 Å². The predicted octanol–water partition coefficient (Wildman–Crippen LogP) is 5.48. The number of unbranched alkanes of at least 4 members (excludes halogenated alkanes) is 1. The van der Waals surface area contributed by atoms with E-state index in [1.54, 1.807) is 0 Å². The van der Waals surface area contributed by atoms with Crippen molar-refractivity contribution in [2.75, 3.05) is 11.4 Å². The SMILES string of the molecule is CCCCN(c1ccc(CCl)cc1Cl)C(C)CC. The van der Waals surface area contributed by atoms with Crippen LogP contribution in [0.1, 0.15) is 45.6 Å². The minimum atomic E-state index is 0.510. The second-order valence-electron chi connectivity index (χ2n) is 4.72. The number of rotatable bonds is 7. The van der Waals surface area contributed by atoms with Crippen molar-refractivity contribution in [1.82, 2.24) is 0 Å². The number of alkyl halides is 1. The van der Waals surface area contributed by atoms with E-state index in [1.807, 2.05) is 6.07 Å². The number of nitrogens with zero attached hydrogens (tertiary/aromatic N) is 1. The molecule has 0 N–H and O–H groups in total. The Morgan fingerprint density at radius 1 is 1.28 bits per heavy atom. The average molecular weight is 288 g/mol. The van der Waals surface area contributed by atoms with E-state index in [4.69, 9.17) is 23.2 Å². The Balaban J connectivity index is 2.96. The van der Waals surface area contributed by atoms with Gasteiger partial charge in [-0.05, 0) is 37.5 Å². The first-order chi connectivity index (χ1) is 8.63. The van der Waals surface area contributed by atoms with Crippen LogP contribution in [0.4, 0.5) is 5.69 Å². The molecule has 0 fully saturated rings. The summed E-state index contributed by atoms with van der Waals surface area (Å²) in [6.07, 6.45) is 3.51. The Morgan fingerprint density at radius 3 is 2.50 bits per heavy atom. The number of benzene rings is 1. The highest BCUT2D eigenvalue weighted by Gasteiger charge is 2.15. The molecular weight excluding hydrogens is 265 g/mol. The largest absolute Gasteiger partial charge is 0.368 e. The molecule has 1 rings (SSSR count). The van der Waals surface area contributed by atoms with Gasteiger partial charge in [-0.2, -0.15) is 0 Å². The first-order valence-electron chi connectivity index (χ1n) is 6.75. The molecule has 1 aromatic carbocycles. The van der Waals surface area contributed by atoms with E-state index in [0.717, 1.165) is 29.2 Å². The van der Waals surface area contributed by atoms with Crippen molar-refractivity contribution < 1.29 is 0 Å². The molecule has 1 aromatic rings. The minimum absolute atomic E-state index is 0.510. The molecule has 0 bridgehead atoms. The van der Waals surface area contributed by atoms with E-state index < -0.39 is 0 Å². The summed E-state index contributed by atoms with van der Waals surface area (Å²) in [6.45, 7) is 7.74. The van der Waals surface area contributed by atoms with Crippen LogP contribution in [-0.4, -0.2) is 12.6 Å². The van der Waals surface area contributed by atoms with Gasteiger partial charge in [0.2, 0.25) is 0 Å². The van der Waals surface area contributed by atoms with Gasteiger partial charge in [0, 0.05) is 18.5 Å². The van der Waals surface area contributed by atoms with E-state index in [2.05, 4.69) is 37.8 Å². The third-order valence-electron chi connectivity index (χ3n) is 3.35. The number of hydrogen-bond donors (Lipinski definition) is 0. The van der Waals surface area contributed by atoms with Gasteiger partial charge >= 0.3 is 0 Å².